The van der Waals surface area contributed by atoms with Gasteiger partial charge in [-0.05, 0) is 68.3 Å². The number of thioether (sulfide) groups is 1. The summed E-state index contributed by atoms with van der Waals surface area (Å²) in [5.74, 6) is 1.88. The zero-order valence-corrected chi connectivity index (χ0v) is 20.9. The van der Waals surface area contributed by atoms with E-state index in [0.29, 0.717) is 5.56 Å². The zero-order valence-electron chi connectivity index (χ0n) is 20.1. The molecule has 0 aliphatic carbocycles. The Bertz CT molecular complexity index is 1370. The average molecular weight is 485 g/mol. The molecule has 4 heterocycles. The molecule has 1 aromatic carbocycles. The molecule has 0 spiro atoms. The fraction of sp³-hybridized carbons (Fsp3) is 0.259. The van der Waals surface area contributed by atoms with Crippen LogP contribution in [0.4, 0.5) is 11.5 Å². The Morgan fingerprint density at radius 1 is 1.14 bits per heavy atom. The quantitative estimate of drug-likeness (QED) is 0.390. The van der Waals surface area contributed by atoms with Gasteiger partial charge in [0.25, 0.3) is 5.91 Å². The lowest BCUT2D eigenvalue weighted by atomic mass is 9.96. The van der Waals surface area contributed by atoms with Gasteiger partial charge >= 0.3 is 0 Å². The van der Waals surface area contributed by atoms with E-state index in [1.807, 2.05) is 72.0 Å². The Hall–Kier alpha value is -3.65. The number of amides is 1. The fourth-order valence-electron chi connectivity index (χ4n) is 4.43. The lowest BCUT2D eigenvalue weighted by Crippen LogP contribution is -2.14. The van der Waals surface area contributed by atoms with Crippen LogP contribution >= 0.6 is 11.8 Å². The molecule has 5 rings (SSSR count). The monoisotopic (exact) mass is 484 g/mol. The van der Waals surface area contributed by atoms with Gasteiger partial charge in [-0.15, -0.1) is 11.8 Å². The summed E-state index contributed by atoms with van der Waals surface area (Å²) in [5.41, 5.74) is 7.32. The molecule has 0 saturated carbocycles. The van der Waals surface area contributed by atoms with E-state index in [2.05, 4.69) is 40.5 Å². The van der Waals surface area contributed by atoms with Crippen molar-refractivity contribution in [3.05, 3.63) is 88.9 Å². The first kappa shape index (κ1) is 23.1. The number of aryl methyl sites for hydroxylation is 3. The van der Waals surface area contributed by atoms with Crippen molar-refractivity contribution in [1.29, 1.82) is 0 Å². The Morgan fingerprint density at radius 2 is 2.00 bits per heavy atom. The van der Waals surface area contributed by atoms with Crippen LogP contribution in [-0.2, 0) is 6.54 Å². The van der Waals surface area contributed by atoms with E-state index >= 15 is 0 Å². The number of hydrogen-bond acceptors (Lipinski definition) is 6. The standard InChI is InChI=1S/C27H28N6OS/c1-4-33-26-23(24(32-33)22-8-5-6-12-29-22)25(35-15-14-30-26)20-11-10-19(16-17(20)2)27(34)31-21-9-7-13-28-18(21)3/h5-13,16,25,30H,4,14-15H2,1-3H3,(H,31,34)/t25-/m0/s1. The molecule has 7 nitrogen and oxygen atoms in total. The third-order valence-electron chi connectivity index (χ3n) is 6.21. The molecule has 35 heavy (non-hydrogen) atoms. The number of benzene rings is 1. The predicted molar refractivity (Wildman–Crippen MR) is 142 cm³/mol. The Labute approximate surface area is 209 Å². The van der Waals surface area contributed by atoms with Gasteiger partial charge in [0.2, 0.25) is 0 Å². The molecule has 0 bridgehead atoms. The lowest BCUT2D eigenvalue weighted by molar-refractivity contribution is 0.102. The maximum atomic E-state index is 13.0. The molecule has 178 valence electrons. The second-order valence-corrected chi connectivity index (χ2v) is 9.69. The maximum absolute atomic E-state index is 13.0. The van der Waals surface area contributed by atoms with E-state index in [4.69, 9.17) is 5.10 Å². The molecule has 1 aliphatic rings. The van der Waals surface area contributed by atoms with Gasteiger partial charge in [0, 0.05) is 42.4 Å². The molecule has 4 aromatic rings. The maximum Gasteiger partial charge on any atom is 0.255 e. The third kappa shape index (κ3) is 4.53. The van der Waals surface area contributed by atoms with E-state index in [0.717, 1.165) is 58.6 Å². The van der Waals surface area contributed by atoms with E-state index < -0.39 is 0 Å². The smallest absolute Gasteiger partial charge is 0.255 e. The molecular formula is C27H28N6OS. The van der Waals surface area contributed by atoms with Crippen molar-refractivity contribution in [3.8, 4) is 11.4 Å². The first-order valence-electron chi connectivity index (χ1n) is 11.8. The molecule has 0 saturated heterocycles. The molecule has 1 atom stereocenters. The van der Waals surface area contributed by atoms with Gasteiger partial charge in [-0.25, -0.2) is 4.68 Å². The van der Waals surface area contributed by atoms with Crippen molar-refractivity contribution in [2.45, 2.75) is 32.6 Å². The highest BCUT2D eigenvalue weighted by molar-refractivity contribution is 7.99. The van der Waals surface area contributed by atoms with Crippen molar-refractivity contribution in [2.75, 3.05) is 22.9 Å². The predicted octanol–water partition coefficient (Wildman–Crippen LogP) is 5.48. The zero-order chi connectivity index (χ0) is 24.4. The topological polar surface area (TPSA) is 84.7 Å². The van der Waals surface area contributed by atoms with Crippen LogP contribution in [0.15, 0.2) is 60.9 Å². The van der Waals surface area contributed by atoms with Crippen LogP contribution in [0.5, 0.6) is 0 Å². The summed E-state index contributed by atoms with van der Waals surface area (Å²) in [4.78, 5) is 21.8. The minimum atomic E-state index is -0.139. The molecular weight excluding hydrogens is 456 g/mol. The molecule has 0 radical (unpaired) electrons. The van der Waals surface area contributed by atoms with Crippen molar-refractivity contribution in [1.82, 2.24) is 19.7 Å². The summed E-state index contributed by atoms with van der Waals surface area (Å²) >= 11 is 1.89. The van der Waals surface area contributed by atoms with Gasteiger partial charge in [0.1, 0.15) is 11.5 Å². The number of nitrogens with zero attached hydrogens (tertiary/aromatic N) is 4. The van der Waals surface area contributed by atoms with Crippen molar-refractivity contribution < 1.29 is 4.79 Å². The second kappa shape index (κ2) is 9.92. The molecule has 1 amide bonds. The van der Waals surface area contributed by atoms with Crippen LogP contribution in [0.25, 0.3) is 11.4 Å². The number of anilines is 2. The first-order valence-corrected chi connectivity index (χ1v) is 12.8. The Balaban J connectivity index is 1.53. The lowest BCUT2D eigenvalue weighted by Gasteiger charge is -2.19. The molecule has 1 aliphatic heterocycles. The van der Waals surface area contributed by atoms with Crippen LogP contribution in [0.2, 0.25) is 0 Å². The fourth-order valence-corrected chi connectivity index (χ4v) is 5.72. The van der Waals surface area contributed by atoms with Crippen LogP contribution in [0.3, 0.4) is 0 Å². The van der Waals surface area contributed by atoms with Crippen molar-refractivity contribution in [2.24, 2.45) is 0 Å². The Morgan fingerprint density at radius 3 is 2.74 bits per heavy atom. The van der Waals surface area contributed by atoms with Crippen molar-refractivity contribution in [3.63, 3.8) is 0 Å². The highest BCUT2D eigenvalue weighted by atomic mass is 32.2. The normalized spacial score (nSPS) is 15.1. The first-order chi connectivity index (χ1) is 17.1. The summed E-state index contributed by atoms with van der Waals surface area (Å²) in [6.45, 7) is 7.70. The van der Waals surface area contributed by atoms with Crippen LogP contribution in [-0.4, -0.2) is 38.0 Å². The number of fused-ring (bicyclic) bond motifs is 1. The summed E-state index contributed by atoms with van der Waals surface area (Å²) in [7, 11) is 0. The van der Waals surface area contributed by atoms with Gasteiger partial charge < -0.3 is 10.6 Å². The minimum Gasteiger partial charge on any atom is -0.369 e. The third-order valence-corrected chi connectivity index (χ3v) is 7.47. The van der Waals surface area contributed by atoms with Gasteiger partial charge in [-0.2, -0.15) is 5.10 Å². The highest BCUT2D eigenvalue weighted by Crippen LogP contribution is 2.46. The number of pyridine rings is 2. The number of carbonyl (C=O) groups excluding carboxylic acids is 1. The Kier molecular flexibility index (Phi) is 6.55. The van der Waals surface area contributed by atoms with Gasteiger partial charge in [-0.3, -0.25) is 14.8 Å². The van der Waals surface area contributed by atoms with Crippen LogP contribution in [0.1, 0.15) is 44.9 Å². The van der Waals surface area contributed by atoms with Crippen molar-refractivity contribution >= 4 is 29.2 Å². The molecule has 2 N–H and O–H groups in total. The van der Waals surface area contributed by atoms with E-state index in [9.17, 15) is 4.79 Å². The largest absolute Gasteiger partial charge is 0.369 e. The average Bonchev–Trinajstić information content (AvgIpc) is 3.11. The van der Waals surface area contributed by atoms with Crippen LogP contribution in [0, 0.1) is 13.8 Å². The van der Waals surface area contributed by atoms with E-state index in [1.165, 1.54) is 5.56 Å². The minimum absolute atomic E-state index is 0.0787. The second-order valence-electron chi connectivity index (χ2n) is 8.48. The molecule has 8 heteroatoms. The van der Waals surface area contributed by atoms with Gasteiger partial charge in [-0.1, -0.05) is 12.1 Å². The van der Waals surface area contributed by atoms with E-state index in [-0.39, 0.29) is 11.2 Å². The molecule has 0 unspecified atom stereocenters. The van der Waals surface area contributed by atoms with Gasteiger partial charge in [0.15, 0.2) is 0 Å². The summed E-state index contributed by atoms with van der Waals surface area (Å²) in [6, 6.07) is 15.6. The number of hydrogen-bond donors (Lipinski definition) is 2. The summed E-state index contributed by atoms with van der Waals surface area (Å²) < 4.78 is 2.03. The highest BCUT2D eigenvalue weighted by Gasteiger charge is 2.31. The number of nitrogens with one attached hydrogen (secondary N) is 2. The summed E-state index contributed by atoms with van der Waals surface area (Å²) in [6.07, 6.45) is 3.53. The molecule has 0 fully saturated rings. The van der Waals surface area contributed by atoms with E-state index in [1.54, 1.807) is 6.20 Å². The molecule has 3 aromatic heterocycles. The number of rotatable bonds is 5. The number of aromatic nitrogens is 4. The number of carbonyl (C=O) groups is 1. The SMILES string of the molecule is CCn1nc(-c2ccccn2)c2c1NCCS[C@H]2c1ccc(C(=O)Nc2cccnc2C)cc1C. The summed E-state index contributed by atoms with van der Waals surface area (Å²) in [5, 5.41) is 11.6. The van der Waals surface area contributed by atoms with Crippen LogP contribution < -0.4 is 10.6 Å². The van der Waals surface area contributed by atoms with Gasteiger partial charge in [0.05, 0.1) is 22.3 Å².